The third-order valence-corrected chi connectivity index (χ3v) is 3.08. The molecule has 0 aliphatic rings. The van der Waals surface area contributed by atoms with Gasteiger partial charge in [-0.2, -0.15) is 0 Å². The van der Waals surface area contributed by atoms with Crippen LogP contribution in [0.15, 0.2) is 12.1 Å². The largest absolute Gasteiger partial charge is 0.461 e. The Hall–Kier alpha value is -2.18. The standard InChI is InChI=1S/C14H17F2N3O2/c1-4-11(13(20)21-7(2)3)19-12-6-9(16)8(15)5-10(12)18-14(19)17/h5-7,11H,4H2,1-3H3,(H2,17,18). The molecule has 1 aromatic carbocycles. The van der Waals surface area contributed by atoms with Crippen molar-refractivity contribution in [2.75, 3.05) is 5.73 Å². The Bertz CT molecular complexity index is 682. The molecule has 21 heavy (non-hydrogen) atoms. The van der Waals surface area contributed by atoms with Gasteiger partial charge in [-0.25, -0.2) is 18.6 Å². The second-order valence-corrected chi connectivity index (χ2v) is 5.00. The van der Waals surface area contributed by atoms with Crippen molar-refractivity contribution in [2.45, 2.75) is 39.3 Å². The van der Waals surface area contributed by atoms with Crippen LogP contribution in [-0.4, -0.2) is 21.6 Å². The van der Waals surface area contributed by atoms with E-state index in [9.17, 15) is 13.6 Å². The summed E-state index contributed by atoms with van der Waals surface area (Å²) in [6, 6.07) is 1.21. The topological polar surface area (TPSA) is 70.1 Å². The van der Waals surface area contributed by atoms with E-state index in [4.69, 9.17) is 10.5 Å². The van der Waals surface area contributed by atoms with E-state index in [1.165, 1.54) is 4.57 Å². The van der Waals surface area contributed by atoms with E-state index >= 15 is 0 Å². The summed E-state index contributed by atoms with van der Waals surface area (Å²) in [5.74, 6) is -2.49. The molecule has 1 unspecified atom stereocenters. The first-order valence-corrected chi connectivity index (χ1v) is 6.68. The van der Waals surface area contributed by atoms with E-state index in [-0.39, 0.29) is 23.1 Å². The van der Waals surface area contributed by atoms with E-state index < -0.39 is 23.6 Å². The van der Waals surface area contributed by atoms with Crippen LogP contribution in [0.5, 0.6) is 0 Å². The Balaban J connectivity index is 2.55. The number of carbonyl (C=O) groups excluding carboxylic acids is 1. The number of nitrogens with zero attached hydrogens (tertiary/aromatic N) is 2. The number of imidazole rings is 1. The number of benzene rings is 1. The van der Waals surface area contributed by atoms with Crippen molar-refractivity contribution in [1.29, 1.82) is 0 Å². The van der Waals surface area contributed by atoms with Crippen molar-refractivity contribution in [2.24, 2.45) is 0 Å². The summed E-state index contributed by atoms with van der Waals surface area (Å²) >= 11 is 0. The Morgan fingerprint density at radius 1 is 1.38 bits per heavy atom. The van der Waals surface area contributed by atoms with Crippen LogP contribution < -0.4 is 5.73 Å². The Labute approximate surface area is 120 Å². The van der Waals surface area contributed by atoms with Crippen LogP contribution in [-0.2, 0) is 9.53 Å². The van der Waals surface area contributed by atoms with Crippen molar-refractivity contribution in [3.63, 3.8) is 0 Å². The van der Waals surface area contributed by atoms with Crippen molar-refractivity contribution >= 4 is 23.0 Å². The summed E-state index contributed by atoms with van der Waals surface area (Å²) in [4.78, 5) is 16.1. The zero-order valence-corrected chi connectivity index (χ0v) is 12.1. The van der Waals surface area contributed by atoms with Gasteiger partial charge in [0, 0.05) is 12.1 Å². The number of esters is 1. The molecule has 5 nitrogen and oxygen atoms in total. The van der Waals surface area contributed by atoms with Gasteiger partial charge in [-0.1, -0.05) is 6.92 Å². The molecule has 7 heteroatoms. The molecule has 114 valence electrons. The molecule has 0 aliphatic carbocycles. The quantitative estimate of drug-likeness (QED) is 0.881. The highest BCUT2D eigenvalue weighted by Gasteiger charge is 2.26. The number of hydrogen-bond acceptors (Lipinski definition) is 4. The number of fused-ring (bicyclic) bond motifs is 1. The van der Waals surface area contributed by atoms with E-state index in [1.54, 1.807) is 20.8 Å². The summed E-state index contributed by atoms with van der Waals surface area (Å²) in [5.41, 5.74) is 6.26. The minimum Gasteiger partial charge on any atom is -0.461 e. The van der Waals surface area contributed by atoms with Gasteiger partial charge in [-0.3, -0.25) is 4.57 Å². The summed E-state index contributed by atoms with van der Waals surface area (Å²) < 4.78 is 33.2. The predicted molar refractivity (Wildman–Crippen MR) is 74.6 cm³/mol. The molecule has 1 heterocycles. The molecular formula is C14H17F2N3O2. The molecule has 2 aromatic rings. The predicted octanol–water partition coefficient (Wildman–Crippen LogP) is 2.80. The number of aromatic nitrogens is 2. The Kier molecular flexibility index (Phi) is 4.11. The molecule has 0 radical (unpaired) electrons. The van der Waals surface area contributed by atoms with Gasteiger partial charge in [0.25, 0.3) is 0 Å². The summed E-state index contributed by atoms with van der Waals surface area (Å²) in [6.45, 7) is 5.24. The van der Waals surface area contributed by atoms with Crippen molar-refractivity contribution in [3.8, 4) is 0 Å². The second kappa shape index (κ2) is 5.67. The Morgan fingerprint density at radius 2 is 2.00 bits per heavy atom. The van der Waals surface area contributed by atoms with Crippen LogP contribution in [0.3, 0.4) is 0 Å². The van der Waals surface area contributed by atoms with E-state index in [1.807, 2.05) is 0 Å². The van der Waals surface area contributed by atoms with Gasteiger partial charge >= 0.3 is 5.97 Å². The first-order chi connectivity index (χ1) is 9.85. The number of carbonyl (C=O) groups is 1. The molecule has 2 N–H and O–H groups in total. The van der Waals surface area contributed by atoms with E-state index in [0.29, 0.717) is 6.42 Å². The van der Waals surface area contributed by atoms with Crippen molar-refractivity contribution < 1.29 is 18.3 Å². The third-order valence-electron chi connectivity index (χ3n) is 3.08. The van der Waals surface area contributed by atoms with Gasteiger partial charge in [0.1, 0.15) is 6.04 Å². The van der Waals surface area contributed by atoms with Crippen LogP contribution in [0.1, 0.15) is 33.2 Å². The fraction of sp³-hybridized carbons (Fsp3) is 0.429. The second-order valence-electron chi connectivity index (χ2n) is 5.00. The maximum Gasteiger partial charge on any atom is 0.329 e. The lowest BCUT2D eigenvalue weighted by atomic mass is 10.2. The monoisotopic (exact) mass is 297 g/mol. The average Bonchev–Trinajstić information content (AvgIpc) is 2.67. The molecule has 0 saturated carbocycles. The highest BCUT2D eigenvalue weighted by atomic mass is 19.2. The molecule has 2 rings (SSSR count). The van der Waals surface area contributed by atoms with Crippen LogP contribution in [0.4, 0.5) is 14.7 Å². The molecule has 0 amide bonds. The van der Waals surface area contributed by atoms with Crippen LogP contribution in [0, 0.1) is 11.6 Å². The average molecular weight is 297 g/mol. The van der Waals surface area contributed by atoms with Gasteiger partial charge < -0.3 is 10.5 Å². The van der Waals surface area contributed by atoms with Gasteiger partial charge in [0.05, 0.1) is 17.1 Å². The van der Waals surface area contributed by atoms with Gasteiger partial charge in [0.15, 0.2) is 11.6 Å². The van der Waals surface area contributed by atoms with E-state index in [0.717, 1.165) is 12.1 Å². The minimum atomic E-state index is -1.02. The summed E-state index contributed by atoms with van der Waals surface area (Å²) in [5, 5.41) is 0. The van der Waals surface area contributed by atoms with Crippen LogP contribution in [0.2, 0.25) is 0 Å². The third kappa shape index (κ3) is 2.81. The SMILES string of the molecule is CCC(C(=O)OC(C)C)n1c(N)nc2cc(F)c(F)cc21. The molecule has 1 aromatic heterocycles. The number of nitrogen functional groups attached to an aromatic ring is 1. The van der Waals surface area contributed by atoms with Crippen LogP contribution in [0.25, 0.3) is 11.0 Å². The maximum atomic E-state index is 13.4. The smallest absolute Gasteiger partial charge is 0.329 e. The minimum absolute atomic E-state index is 0.0163. The van der Waals surface area contributed by atoms with E-state index in [2.05, 4.69) is 4.98 Å². The van der Waals surface area contributed by atoms with Crippen LogP contribution >= 0.6 is 0 Å². The number of hydrogen-bond donors (Lipinski definition) is 1. The number of halogens is 2. The highest BCUT2D eigenvalue weighted by Crippen LogP contribution is 2.27. The lowest BCUT2D eigenvalue weighted by Gasteiger charge is -2.19. The molecular weight excluding hydrogens is 280 g/mol. The highest BCUT2D eigenvalue weighted by molar-refractivity contribution is 5.83. The summed E-state index contributed by atoms with van der Waals surface area (Å²) in [7, 11) is 0. The molecule has 1 atom stereocenters. The maximum absolute atomic E-state index is 13.4. The fourth-order valence-electron chi connectivity index (χ4n) is 2.20. The van der Waals surface area contributed by atoms with Gasteiger partial charge in [-0.05, 0) is 20.3 Å². The lowest BCUT2D eigenvalue weighted by Crippen LogP contribution is -2.25. The lowest BCUT2D eigenvalue weighted by molar-refractivity contribution is -0.151. The fourth-order valence-corrected chi connectivity index (χ4v) is 2.20. The normalized spacial score (nSPS) is 12.9. The zero-order chi connectivity index (χ0) is 15.7. The zero-order valence-electron chi connectivity index (χ0n) is 12.1. The van der Waals surface area contributed by atoms with Crippen molar-refractivity contribution in [1.82, 2.24) is 9.55 Å². The van der Waals surface area contributed by atoms with Gasteiger partial charge in [-0.15, -0.1) is 0 Å². The molecule has 0 saturated heterocycles. The number of rotatable bonds is 4. The molecule has 0 bridgehead atoms. The number of anilines is 1. The summed E-state index contributed by atoms with van der Waals surface area (Å²) in [6.07, 6.45) is 0.108. The molecule has 0 fully saturated rings. The Morgan fingerprint density at radius 3 is 2.57 bits per heavy atom. The molecule has 0 aliphatic heterocycles. The van der Waals surface area contributed by atoms with Crippen molar-refractivity contribution in [3.05, 3.63) is 23.8 Å². The number of nitrogens with two attached hydrogens (primary N) is 1. The first kappa shape index (κ1) is 15.2. The van der Waals surface area contributed by atoms with Gasteiger partial charge in [0.2, 0.25) is 5.95 Å². The first-order valence-electron chi connectivity index (χ1n) is 6.68. The number of ether oxygens (including phenoxy) is 1. The molecule has 0 spiro atoms.